The summed E-state index contributed by atoms with van der Waals surface area (Å²) < 4.78 is 0. The van der Waals surface area contributed by atoms with Crippen LogP contribution in [0.2, 0.25) is 0 Å². The predicted octanol–water partition coefficient (Wildman–Crippen LogP) is 4.21. The lowest BCUT2D eigenvalue weighted by molar-refractivity contribution is -0.116. The van der Waals surface area contributed by atoms with Crippen molar-refractivity contribution in [3.63, 3.8) is 0 Å². The second-order valence-corrected chi connectivity index (χ2v) is 6.07. The Labute approximate surface area is 127 Å². The highest BCUT2D eigenvalue weighted by molar-refractivity contribution is 5.92. The van der Waals surface area contributed by atoms with Gasteiger partial charge >= 0.3 is 0 Å². The molecule has 3 nitrogen and oxygen atoms in total. The largest absolute Gasteiger partial charge is 0.388 e. The molecule has 2 N–H and O–H groups in total. The van der Waals surface area contributed by atoms with Crippen molar-refractivity contribution in [1.82, 2.24) is 0 Å². The van der Waals surface area contributed by atoms with Crippen molar-refractivity contribution in [3.8, 4) is 0 Å². The summed E-state index contributed by atoms with van der Waals surface area (Å²) in [6.07, 6.45) is 6.37. The lowest BCUT2D eigenvalue weighted by atomic mass is 9.88. The average molecular weight is 289 g/mol. The summed E-state index contributed by atoms with van der Waals surface area (Å²) in [5, 5.41) is 13.6. The maximum atomic E-state index is 11.6. The van der Waals surface area contributed by atoms with E-state index in [1.54, 1.807) is 0 Å². The van der Waals surface area contributed by atoms with Gasteiger partial charge in [-0.3, -0.25) is 4.79 Å². The van der Waals surface area contributed by atoms with Crippen LogP contribution in [0.15, 0.2) is 18.2 Å². The lowest BCUT2D eigenvalue weighted by Gasteiger charge is -2.23. The van der Waals surface area contributed by atoms with Crippen LogP contribution in [0.1, 0.15) is 69.6 Å². The van der Waals surface area contributed by atoms with Crippen LogP contribution in [-0.2, 0) is 11.2 Å². The maximum absolute atomic E-state index is 11.6. The van der Waals surface area contributed by atoms with Gasteiger partial charge in [-0.05, 0) is 42.4 Å². The van der Waals surface area contributed by atoms with Crippen LogP contribution in [0.4, 0.5) is 5.69 Å². The Morgan fingerprint density at radius 3 is 2.81 bits per heavy atom. The van der Waals surface area contributed by atoms with E-state index in [1.165, 1.54) is 6.42 Å². The first kappa shape index (κ1) is 16.0. The highest BCUT2D eigenvalue weighted by Gasteiger charge is 2.21. The highest BCUT2D eigenvalue weighted by atomic mass is 16.3. The van der Waals surface area contributed by atoms with Gasteiger partial charge in [-0.15, -0.1) is 0 Å². The molecule has 0 fully saturated rings. The van der Waals surface area contributed by atoms with Crippen molar-refractivity contribution in [2.75, 3.05) is 5.32 Å². The summed E-state index contributed by atoms with van der Waals surface area (Å²) in [5.74, 6) is 0.416. The molecule has 116 valence electrons. The molecular formula is C18H27NO2. The molecule has 0 radical (unpaired) electrons. The Kier molecular flexibility index (Phi) is 5.80. The molecule has 0 aliphatic carbocycles. The van der Waals surface area contributed by atoms with E-state index < -0.39 is 6.10 Å². The molecule has 2 unspecified atom stereocenters. The van der Waals surface area contributed by atoms with Crippen molar-refractivity contribution >= 4 is 11.6 Å². The van der Waals surface area contributed by atoms with Crippen LogP contribution < -0.4 is 5.32 Å². The summed E-state index contributed by atoms with van der Waals surface area (Å²) in [7, 11) is 0. The number of amides is 1. The number of unbranched alkanes of at least 4 members (excludes halogenated alkanes) is 1. The highest BCUT2D eigenvalue weighted by Crippen LogP contribution is 2.32. The number of carbonyl (C=O) groups is 1. The van der Waals surface area contributed by atoms with Crippen LogP contribution in [-0.4, -0.2) is 11.0 Å². The molecule has 1 aromatic rings. The van der Waals surface area contributed by atoms with Crippen molar-refractivity contribution in [2.24, 2.45) is 5.92 Å². The van der Waals surface area contributed by atoms with E-state index in [9.17, 15) is 9.90 Å². The average Bonchev–Trinajstić information content (AvgIpc) is 2.67. The van der Waals surface area contributed by atoms with Gasteiger partial charge in [0.05, 0.1) is 6.10 Å². The number of nitrogens with one attached hydrogen (secondary N) is 1. The van der Waals surface area contributed by atoms with Crippen molar-refractivity contribution in [3.05, 3.63) is 29.3 Å². The third-order valence-corrected chi connectivity index (χ3v) is 4.49. The number of aliphatic hydroxyl groups excluding tert-OH is 1. The fourth-order valence-electron chi connectivity index (χ4n) is 3.10. The molecule has 21 heavy (non-hydrogen) atoms. The molecule has 1 amide bonds. The minimum Gasteiger partial charge on any atom is -0.388 e. The quantitative estimate of drug-likeness (QED) is 0.824. The summed E-state index contributed by atoms with van der Waals surface area (Å²) in [6, 6.07) is 5.99. The first-order chi connectivity index (χ1) is 10.2. The van der Waals surface area contributed by atoms with Gasteiger partial charge in [-0.2, -0.15) is 0 Å². The number of benzene rings is 1. The van der Waals surface area contributed by atoms with E-state index in [4.69, 9.17) is 0 Å². The number of hydrogen-bond donors (Lipinski definition) is 2. The van der Waals surface area contributed by atoms with Crippen LogP contribution in [0.3, 0.4) is 0 Å². The standard InChI is InChI=1S/C18H27NO2/c1-3-5-7-13(4-2)18(21)15-10-11-16-14(12-15)8-6-9-17(20)19-16/h10-13,18,21H,3-9H2,1-2H3,(H,19,20). The van der Waals surface area contributed by atoms with Gasteiger partial charge in [-0.1, -0.05) is 45.2 Å². The Morgan fingerprint density at radius 2 is 2.10 bits per heavy atom. The second-order valence-electron chi connectivity index (χ2n) is 6.07. The molecular weight excluding hydrogens is 262 g/mol. The zero-order valence-corrected chi connectivity index (χ0v) is 13.2. The van der Waals surface area contributed by atoms with Gasteiger partial charge in [0.15, 0.2) is 0 Å². The fourth-order valence-corrected chi connectivity index (χ4v) is 3.10. The predicted molar refractivity (Wildman–Crippen MR) is 86.3 cm³/mol. The zero-order chi connectivity index (χ0) is 15.2. The SMILES string of the molecule is CCCCC(CC)C(O)c1ccc2c(c1)CCCC(=O)N2. The van der Waals surface area contributed by atoms with Crippen molar-refractivity contribution in [2.45, 2.75) is 64.9 Å². The van der Waals surface area contributed by atoms with Gasteiger partial charge in [-0.25, -0.2) is 0 Å². The number of aliphatic hydroxyl groups is 1. The van der Waals surface area contributed by atoms with Crippen LogP contribution in [0, 0.1) is 5.92 Å². The van der Waals surface area contributed by atoms with Gasteiger partial charge in [0.1, 0.15) is 0 Å². The molecule has 0 aromatic heterocycles. The molecule has 2 rings (SSSR count). The first-order valence-electron chi connectivity index (χ1n) is 8.26. The van der Waals surface area contributed by atoms with Crippen molar-refractivity contribution < 1.29 is 9.90 Å². The molecule has 0 saturated heterocycles. The zero-order valence-electron chi connectivity index (χ0n) is 13.2. The third kappa shape index (κ3) is 4.07. The number of rotatable bonds is 6. The molecule has 0 spiro atoms. The fraction of sp³-hybridized carbons (Fsp3) is 0.611. The van der Waals surface area contributed by atoms with Gasteiger partial charge in [0.25, 0.3) is 0 Å². The van der Waals surface area contributed by atoms with E-state index in [2.05, 4.69) is 25.2 Å². The Hall–Kier alpha value is -1.35. The van der Waals surface area contributed by atoms with E-state index in [0.29, 0.717) is 12.3 Å². The smallest absolute Gasteiger partial charge is 0.224 e. The summed E-state index contributed by atoms with van der Waals surface area (Å²) in [4.78, 5) is 11.6. The summed E-state index contributed by atoms with van der Waals surface area (Å²) in [5.41, 5.74) is 3.06. The molecule has 3 heteroatoms. The number of hydrogen-bond acceptors (Lipinski definition) is 2. The van der Waals surface area contributed by atoms with E-state index in [-0.39, 0.29) is 5.91 Å². The second kappa shape index (κ2) is 7.60. The molecule has 0 bridgehead atoms. The molecule has 1 aliphatic heterocycles. The van der Waals surface area contributed by atoms with Crippen molar-refractivity contribution in [1.29, 1.82) is 0 Å². The van der Waals surface area contributed by atoms with Gasteiger partial charge < -0.3 is 10.4 Å². The molecule has 1 aromatic carbocycles. The van der Waals surface area contributed by atoms with E-state index >= 15 is 0 Å². The number of anilines is 1. The molecule has 0 saturated carbocycles. The first-order valence-corrected chi connectivity index (χ1v) is 8.26. The molecule has 1 heterocycles. The number of carbonyl (C=O) groups excluding carboxylic acids is 1. The lowest BCUT2D eigenvalue weighted by Crippen LogP contribution is -2.13. The monoisotopic (exact) mass is 289 g/mol. The summed E-state index contributed by atoms with van der Waals surface area (Å²) >= 11 is 0. The minimum atomic E-state index is -0.397. The number of aryl methyl sites for hydroxylation is 1. The summed E-state index contributed by atoms with van der Waals surface area (Å²) in [6.45, 7) is 4.33. The Morgan fingerprint density at radius 1 is 1.29 bits per heavy atom. The van der Waals surface area contributed by atoms with Crippen LogP contribution >= 0.6 is 0 Å². The van der Waals surface area contributed by atoms with E-state index in [0.717, 1.165) is 48.9 Å². The molecule has 1 aliphatic rings. The van der Waals surface area contributed by atoms with Gasteiger partial charge in [0, 0.05) is 12.1 Å². The maximum Gasteiger partial charge on any atom is 0.224 e. The van der Waals surface area contributed by atoms with Crippen LogP contribution in [0.25, 0.3) is 0 Å². The number of fused-ring (bicyclic) bond motifs is 1. The normalized spacial score (nSPS) is 17.6. The third-order valence-electron chi connectivity index (χ3n) is 4.49. The van der Waals surface area contributed by atoms with E-state index in [1.807, 2.05) is 12.1 Å². The van der Waals surface area contributed by atoms with Crippen LogP contribution in [0.5, 0.6) is 0 Å². The van der Waals surface area contributed by atoms with Gasteiger partial charge in [0.2, 0.25) is 5.91 Å². The topological polar surface area (TPSA) is 49.3 Å². The minimum absolute atomic E-state index is 0.0939. The molecule has 2 atom stereocenters. The Balaban J connectivity index is 2.16. The Bertz CT molecular complexity index is 484.